The number of para-hydroxylation sites is 1. The molecule has 6 aliphatic heterocycles. The molecule has 2 aliphatic carbocycles. The third-order valence-electron chi connectivity index (χ3n) is 20.0. The van der Waals surface area contributed by atoms with Crippen molar-refractivity contribution in [1.29, 1.82) is 0 Å². The lowest BCUT2D eigenvalue weighted by Crippen LogP contribution is -2.58. The number of rotatable bonds is 10. The number of nitrogens with zero attached hydrogens (tertiary/aromatic N) is 8. The number of halogens is 1. The summed E-state index contributed by atoms with van der Waals surface area (Å²) in [6.45, 7) is 9.58. The molecule has 6 fully saturated rings. The van der Waals surface area contributed by atoms with Crippen LogP contribution < -0.4 is 15.5 Å². The van der Waals surface area contributed by atoms with E-state index in [4.69, 9.17) is 9.97 Å². The molecule has 0 bridgehead atoms. The van der Waals surface area contributed by atoms with Gasteiger partial charge < -0.3 is 34.4 Å². The summed E-state index contributed by atoms with van der Waals surface area (Å²) in [6.07, 6.45) is 13.9. The molecule has 424 valence electrons. The lowest BCUT2D eigenvalue weighted by Gasteiger charge is -2.48. The van der Waals surface area contributed by atoms with Crippen molar-refractivity contribution in [2.75, 3.05) is 56.0 Å². The largest absolute Gasteiger partial charge is 0.342 e. The number of benzene rings is 3. The molecule has 17 heteroatoms. The number of imide groups is 1. The summed E-state index contributed by atoms with van der Waals surface area (Å²) in [6, 6.07) is 21.6. The van der Waals surface area contributed by atoms with E-state index >= 15 is 9.18 Å². The van der Waals surface area contributed by atoms with Crippen LogP contribution in [0.2, 0.25) is 0 Å². The number of hydrogen-bond donors (Lipinski definition) is 2. The Morgan fingerprint density at radius 2 is 1.40 bits per heavy atom. The minimum atomic E-state index is -0.754. The van der Waals surface area contributed by atoms with Crippen molar-refractivity contribution < 1.29 is 33.2 Å². The number of pyridine rings is 1. The van der Waals surface area contributed by atoms with Gasteiger partial charge in [-0.2, -0.15) is 0 Å². The minimum absolute atomic E-state index is 0.0726. The lowest BCUT2D eigenvalue weighted by molar-refractivity contribution is -0.145. The van der Waals surface area contributed by atoms with Gasteiger partial charge in [0.1, 0.15) is 11.3 Å². The van der Waals surface area contributed by atoms with Crippen LogP contribution in [0.1, 0.15) is 144 Å². The molecular weight excluding hydrogens is 1020 g/mol. The van der Waals surface area contributed by atoms with Crippen molar-refractivity contribution in [3.63, 3.8) is 0 Å². The fourth-order valence-electron chi connectivity index (χ4n) is 15.1. The van der Waals surface area contributed by atoms with Gasteiger partial charge in [0, 0.05) is 92.8 Å². The zero-order chi connectivity index (χ0) is 55.7. The van der Waals surface area contributed by atoms with E-state index in [0.717, 1.165) is 70.5 Å². The Kier molecular flexibility index (Phi) is 14.3. The predicted octanol–water partition coefficient (Wildman–Crippen LogP) is 8.94. The first-order valence-corrected chi connectivity index (χ1v) is 30.2. The average molecular weight is 1100 g/mol. The quantitative estimate of drug-likeness (QED) is 0.129. The van der Waals surface area contributed by atoms with Crippen LogP contribution in [-0.4, -0.2) is 127 Å². The van der Waals surface area contributed by atoms with Crippen molar-refractivity contribution in [3.05, 3.63) is 101 Å². The Bertz CT molecular complexity index is 3300. The van der Waals surface area contributed by atoms with Crippen LogP contribution in [0.5, 0.6) is 0 Å². The molecule has 3 aromatic carbocycles. The van der Waals surface area contributed by atoms with Crippen molar-refractivity contribution in [3.8, 4) is 11.3 Å². The van der Waals surface area contributed by atoms with Gasteiger partial charge in [0.25, 0.3) is 0 Å². The molecule has 13 rings (SSSR count). The maximum absolute atomic E-state index is 15.3. The van der Waals surface area contributed by atoms with Crippen LogP contribution in [0, 0.1) is 23.6 Å². The second-order valence-electron chi connectivity index (χ2n) is 25.0. The van der Waals surface area contributed by atoms with E-state index in [0.29, 0.717) is 133 Å². The summed E-state index contributed by atoms with van der Waals surface area (Å²) in [5.41, 5.74) is 7.71. The number of carbonyl (C=O) groups excluding carboxylic acids is 6. The average Bonchev–Trinajstić information content (AvgIpc) is 3.13. The number of likely N-dealkylation sites (tertiary alicyclic amines) is 3. The standard InChI is InChI=1S/C64H75FN10O6/c1-39(2)74-38-66-54-36-53(68-58(57(54)74)67-52-9-5-4-8-51(52)65)45-16-18-50-55(33-45)75(48-34-47(35-48)70-25-6-3-7-26-70)63(81)64(50)23-30-72(31-24-64)61(79)42-20-27-71(28-21-42)60(78)40-10-12-41(13-11-40)62(80)73-29-22-43-32-44(14-15-46(43)37-73)49-17-19-56(76)69-59(49)77/h4-5,8-9,14-16,18,32-33,36,38-42,47-49H,3,6-7,10-13,17,19-31,34-35,37H2,1-2H3,(H,67,68)(H,69,76,77)/t40-,41-,47-,48+,49?. The van der Waals surface area contributed by atoms with Gasteiger partial charge in [0.15, 0.2) is 5.82 Å². The lowest BCUT2D eigenvalue weighted by atomic mass is 9.73. The molecule has 2 aromatic heterocycles. The summed E-state index contributed by atoms with van der Waals surface area (Å²) in [4.78, 5) is 102. The van der Waals surface area contributed by atoms with Crippen LogP contribution in [0.3, 0.4) is 0 Å². The van der Waals surface area contributed by atoms with Gasteiger partial charge in [-0.1, -0.05) is 48.9 Å². The number of piperidine rings is 4. The zero-order valence-corrected chi connectivity index (χ0v) is 46.8. The van der Waals surface area contributed by atoms with Crippen LogP contribution in [0.25, 0.3) is 22.3 Å². The molecule has 6 amide bonds. The molecule has 2 saturated carbocycles. The molecule has 1 unspecified atom stereocenters. The van der Waals surface area contributed by atoms with E-state index in [1.54, 1.807) is 24.5 Å². The third-order valence-corrected chi connectivity index (χ3v) is 20.0. The Labute approximate surface area is 473 Å². The maximum Gasteiger partial charge on any atom is 0.238 e. The molecule has 2 N–H and O–H groups in total. The monoisotopic (exact) mass is 1100 g/mol. The smallest absolute Gasteiger partial charge is 0.238 e. The molecule has 5 aromatic rings. The third kappa shape index (κ3) is 9.88. The van der Waals surface area contributed by atoms with E-state index in [9.17, 15) is 24.0 Å². The Hall–Kier alpha value is -7.01. The van der Waals surface area contributed by atoms with Crippen molar-refractivity contribution in [2.45, 2.75) is 153 Å². The highest BCUT2D eigenvalue weighted by molar-refractivity contribution is 6.10. The number of imidazole rings is 1. The summed E-state index contributed by atoms with van der Waals surface area (Å²) in [7, 11) is 0. The van der Waals surface area contributed by atoms with E-state index in [1.165, 1.54) is 25.3 Å². The number of anilines is 3. The number of fused-ring (bicyclic) bond motifs is 4. The molecule has 1 spiro atoms. The van der Waals surface area contributed by atoms with E-state index in [-0.39, 0.29) is 77.0 Å². The number of hydrogen-bond acceptors (Lipinski definition) is 10. The SMILES string of the molecule is CC(C)n1cnc2cc(-c3ccc4c(c3)N([C@H]3C[C@@H](N5CCCCC5)C3)C(=O)C43CCN(C(=O)C4CCN(C(=O)[C@H]5CC[C@H](C(=O)N6CCc7cc(C8CCC(=O)NC8=O)ccc7C6)CC5)CC4)CC3)nc(Nc3ccccc3F)c21. The number of nitrogens with one attached hydrogen (secondary N) is 2. The normalized spacial score (nSPS) is 25.2. The summed E-state index contributed by atoms with van der Waals surface area (Å²) < 4.78 is 17.2. The van der Waals surface area contributed by atoms with Crippen molar-refractivity contribution >= 4 is 63.7 Å². The molecule has 0 radical (unpaired) electrons. The molecule has 81 heavy (non-hydrogen) atoms. The van der Waals surface area contributed by atoms with Gasteiger partial charge in [-0.15, -0.1) is 0 Å². The van der Waals surface area contributed by atoms with Crippen LogP contribution in [-0.2, 0) is 47.1 Å². The van der Waals surface area contributed by atoms with Crippen LogP contribution >= 0.6 is 0 Å². The zero-order valence-electron chi connectivity index (χ0n) is 46.8. The second kappa shape index (κ2) is 21.7. The summed E-state index contributed by atoms with van der Waals surface area (Å²) in [5.74, 6) is -0.545. The van der Waals surface area contributed by atoms with Gasteiger partial charge in [0.2, 0.25) is 35.4 Å². The fourth-order valence-corrected chi connectivity index (χ4v) is 15.1. The van der Waals surface area contributed by atoms with Gasteiger partial charge in [0.05, 0.1) is 34.6 Å². The van der Waals surface area contributed by atoms with Crippen molar-refractivity contribution in [1.82, 2.24) is 39.5 Å². The fraction of sp³-hybridized carbons (Fsp3) is 0.531. The van der Waals surface area contributed by atoms with Gasteiger partial charge >= 0.3 is 0 Å². The number of carbonyl (C=O) groups is 6. The highest BCUT2D eigenvalue weighted by Crippen LogP contribution is 2.53. The second-order valence-corrected chi connectivity index (χ2v) is 25.0. The Morgan fingerprint density at radius 1 is 0.704 bits per heavy atom. The van der Waals surface area contributed by atoms with Crippen molar-refractivity contribution in [2.24, 2.45) is 17.8 Å². The minimum Gasteiger partial charge on any atom is -0.342 e. The number of amides is 6. The van der Waals surface area contributed by atoms with Gasteiger partial charge in [-0.05, 0) is 163 Å². The van der Waals surface area contributed by atoms with E-state index in [2.05, 4.69) is 58.5 Å². The summed E-state index contributed by atoms with van der Waals surface area (Å²) >= 11 is 0. The van der Waals surface area contributed by atoms with Gasteiger partial charge in [-0.25, -0.2) is 14.4 Å². The summed E-state index contributed by atoms with van der Waals surface area (Å²) in [5, 5.41) is 5.75. The first-order chi connectivity index (χ1) is 39.3. The van der Waals surface area contributed by atoms with Crippen LogP contribution in [0.15, 0.2) is 73.1 Å². The highest BCUT2D eigenvalue weighted by atomic mass is 19.1. The first kappa shape index (κ1) is 53.3. The molecule has 4 saturated heterocycles. The Morgan fingerprint density at radius 3 is 2.10 bits per heavy atom. The van der Waals surface area contributed by atoms with E-state index in [1.807, 2.05) is 37.5 Å². The predicted molar refractivity (Wildman–Crippen MR) is 306 cm³/mol. The molecule has 1 atom stereocenters. The van der Waals surface area contributed by atoms with Crippen LogP contribution in [0.4, 0.5) is 21.6 Å². The highest BCUT2D eigenvalue weighted by Gasteiger charge is 2.56. The Balaban J connectivity index is 0.645. The maximum atomic E-state index is 15.3. The molecule has 16 nitrogen and oxygen atoms in total. The molecule has 8 aliphatic rings. The molecular formula is C64H75FN10O6. The van der Waals surface area contributed by atoms with Gasteiger partial charge in [-0.3, -0.25) is 34.1 Å². The number of aromatic nitrogens is 3. The first-order valence-electron chi connectivity index (χ1n) is 30.2. The van der Waals surface area contributed by atoms with E-state index < -0.39 is 5.41 Å². The topological polar surface area (TPSA) is 173 Å². The molecule has 8 heterocycles.